The normalized spacial score (nSPS) is 16.8. The Balaban J connectivity index is 0.000000332. The lowest BCUT2D eigenvalue weighted by Gasteiger charge is -2.16. The molecule has 7 nitrogen and oxygen atoms in total. The maximum absolute atomic E-state index is 14.5. The molecule has 6 rings (SSSR count). The smallest absolute Gasteiger partial charge is 0.195 e. The number of aryl methyl sites for hydroxylation is 1. The van der Waals surface area contributed by atoms with Gasteiger partial charge in [-0.25, -0.2) is 23.7 Å². The van der Waals surface area contributed by atoms with Gasteiger partial charge in [0.15, 0.2) is 23.0 Å². The minimum absolute atomic E-state index is 0.0199. The van der Waals surface area contributed by atoms with Crippen LogP contribution in [0.1, 0.15) is 31.6 Å². The van der Waals surface area contributed by atoms with Crippen molar-refractivity contribution in [3.63, 3.8) is 0 Å². The minimum atomic E-state index is -0.802. The highest BCUT2D eigenvalue weighted by molar-refractivity contribution is 5.87. The number of nitrogens with zero attached hydrogens (tertiary/aromatic N) is 4. The standard InChI is InChI=1S/C20H17FN4O2.C4H8FN/c1-11-22-19-16(27-11)10-12(20(26)18(19)21)13-4-5-15-14(23-13)6-7-17(24-15)25-8-2-3-9-25;5-3-4(6)1-2-4/h4-7,10,26H,2-3,8-9H2,1H3;1-3,6H2. The number of alkyl halides is 1. The fraction of sp³-hybridized carbons (Fsp3) is 0.375. The van der Waals surface area contributed by atoms with Crippen molar-refractivity contribution >= 4 is 28.0 Å². The number of oxazole rings is 1. The summed E-state index contributed by atoms with van der Waals surface area (Å²) < 4.78 is 31.3. The van der Waals surface area contributed by atoms with Crippen LogP contribution in [-0.4, -0.2) is 45.4 Å². The van der Waals surface area contributed by atoms with Crippen molar-refractivity contribution in [3.05, 3.63) is 42.0 Å². The number of rotatable bonds is 3. The van der Waals surface area contributed by atoms with E-state index >= 15 is 0 Å². The number of benzene rings is 1. The third kappa shape index (κ3) is 4.20. The second kappa shape index (κ2) is 8.22. The van der Waals surface area contributed by atoms with E-state index in [1.807, 2.05) is 18.2 Å². The van der Waals surface area contributed by atoms with E-state index in [-0.39, 0.29) is 28.9 Å². The quantitative estimate of drug-likeness (QED) is 0.466. The predicted molar refractivity (Wildman–Crippen MR) is 122 cm³/mol. The van der Waals surface area contributed by atoms with Gasteiger partial charge in [0.25, 0.3) is 0 Å². The second-order valence-electron chi connectivity index (χ2n) is 8.76. The number of halogens is 2. The summed E-state index contributed by atoms with van der Waals surface area (Å²) in [6, 6.07) is 8.99. The minimum Gasteiger partial charge on any atom is -0.504 e. The number of anilines is 1. The van der Waals surface area contributed by atoms with Gasteiger partial charge in [-0.05, 0) is 56.0 Å². The summed E-state index contributed by atoms with van der Waals surface area (Å²) in [7, 11) is 0. The Morgan fingerprint density at radius 1 is 1.09 bits per heavy atom. The molecule has 1 aliphatic heterocycles. The number of phenols is 1. The predicted octanol–water partition coefficient (Wildman–Crippen LogP) is 4.64. The highest BCUT2D eigenvalue weighted by Gasteiger charge is 2.37. The molecule has 3 aromatic heterocycles. The van der Waals surface area contributed by atoms with Crippen LogP contribution in [0, 0.1) is 12.7 Å². The van der Waals surface area contributed by atoms with Crippen LogP contribution >= 0.6 is 0 Å². The molecule has 0 amide bonds. The van der Waals surface area contributed by atoms with Gasteiger partial charge in [-0.1, -0.05) is 0 Å². The Hall–Kier alpha value is -3.33. The highest BCUT2D eigenvalue weighted by Crippen LogP contribution is 2.36. The molecule has 2 fully saturated rings. The summed E-state index contributed by atoms with van der Waals surface area (Å²) in [5, 5.41) is 10.3. The summed E-state index contributed by atoms with van der Waals surface area (Å²) in [6.07, 6.45) is 4.13. The number of pyridine rings is 2. The Labute approximate surface area is 189 Å². The molecule has 4 aromatic rings. The molecule has 0 bridgehead atoms. The summed E-state index contributed by atoms with van der Waals surface area (Å²) in [6.45, 7) is 3.34. The van der Waals surface area contributed by atoms with E-state index in [9.17, 15) is 13.9 Å². The van der Waals surface area contributed by atoms with Gasteiger partial charge in [0.2, 0.25) is 0 Å². The molecular formula is C24H25F2N5O2. The van der Waals surface area contributed by atoms with Crippen LogP contribution < -0.4 is 10.6 Å². The molecule has 1 saturated heterocycles. The molecule has 2 aliphatic rings. The first-order valence-corrected chi connectivity index (χ1v) is 11.0. The molecule has 1 aliphatic carbocycles. The number of nitrogens with two attached hydrogens (primary N) is 1. The van der Waals surface area contributed by atoms with Gasteiger partial charge in [0.1, 0.15) is 18.0 Å². The first-order chi connectivity index (χ1) is 15.9. The molecule has 3 N–H and O–H groups in total. The summed E-state index contributed by atoms with van der Waals surface area (Å²) in [5.41, 5.74) is 7.36. The van der Waals surface area contributed by atoms with E-state index in [2.05, 4.69) is 19.9 Å². The van der Waals surface area contributed by atoms with Gasteiger partial charge in [0, 0.05) is 31.1 Å². The molecule has 33 heavy (non-hydrogen) atoms. The van der Waals surface area contributed by atoms with Crippen molar-refractivity contribution in [1.29, 1.82) is 0 Å². The first-order valence-electron chi connectivity index (χ1n) is 11.0. The molecule has 0 unspecified atom stereocenters. The largest absolute Gasteiger partial charge is 0.504 e. The van der Waals surface area contributed by atoms with E-state index in [1.54, 1.807) is 19.1 Å². The molecule has 9 heteroatoms. The molecule has 4 heterocycles. The highest BCUT2D eigenvalue weighted by atomic mass is 19.1. The van der Waals surface area contributed by atoms with Crippen LogP contribution in [0.2, 0.25) is 0 Å². The lowest BCUT2D eigenvalue weighted by Crippen LogP contribution is -2.23. The summed E-state index contributed by atoms with van der Waals surface area (Å²) in [5.74, 6) is 0.000563. The van der Waals surface area contributed by atoms with E-state index in [1.165, 1.54) is 12.8 Å². The third-order valence-corrected chi connectivity index (χ3v) is 6.10. The number of aromatic nitrogens is 3. The zero-order valence-corrected chi connectivity index (χ0v) is 18.3. The van der Waals surface area contributed by atoms with Gasteiger partial charge < -0.3 is 20.2 Å². The molecule has 0 spiro atoms. The zero-order valence-electron chi connectivity index (χ0n) is 18.3. The zero-order chi connectivity index (χ0) is 23.2. The van der Waals surface area contributed by atoms with Crippen molar-refractivity contribution in [2.24, 2.45) is 5.73 Å². The van der Waals surface area contributed by atoms with E-state index in [0.717, 1.165) is 37.3 Å². The summed E-state index contributed by atoms with van der Waals surface area (Å²) in [4.78, 5) is 15.5. The van der Waals surface area contributed by atoms with E-state index < -0.39 is 11.6 Å². The SMILES string of the molecule is Cc1nc2c(F)c(O)c(-c3ccc4nc(N5CCCC5)ccc4n3)cc2o1.NC1(CF)CC1. The lowest BCUT2D eigenvalue weighted by molar-refractivity contribution is 0.417. The maximum atomic E-state index is 14.5. The van der Waals surface area contributed by atoms with Gasteiger partial charge >= 0.3 is 0 Å². The van der Waals surface area contributed by atoms with Crippen molar-refractivity contribution < 1.29 is 18.3 Å². The molecule has 172 valence electrons. The second-order valence-corrected chi connectivity index (χ2v) is 8.76. The van der Waals surface area contributed by atoms with Crippen LogP contribution in [0.25, 0.3) is 33.4 Å². The van der Waals surface area contributed by atoms with Crippen LogP contribution in [0.3, 0.4) is 0 Å². The van der Waals surface area contributed by atoms with Crippen LogP contribution in [0.5, 0.6) is 5.75 Å². The topological polar surface area (TPSA) is 101 Å². The molecule has 0 radical (unpaired) electrons. The average molecular weight is 453 g/mol. The van der Waals surface area contributed by atoms with Crippen LogP contribution in [0.15, 0.2) is 34.7 Å². The fourth-order valence-electron chi connectivity index (χ4n) is 3.89. The lowest BCUT2D eigenvalue weighted by atomic mass is 10.1. The first kappa shape index (κ1) is 21.5. The maximum Gasteiger partial charge on any atom is 0.195 e. The average Bonchev–Trinajstić information content (AvgIpc) is 3.19. The summed E-state index contributed by atoms with van der Waals surface area (Å²) >= 11 is 0. The van der Waals surface area contributed by atoms with Crippen molar-refractivity contribution in [2.75, 3.05) is 24.7 Å². The number of fused-ring (bicyclic) bond motifs is 2. The Morgan fingerprint density at radius 3 is 2.45 bits per heavy atom. The van der Waals surface area contributed by atoms with E-state index in [4.69, 9.17) is 10.2 Å². The van der Waals surface area contributed by atoms with Gasteiger partial charge in [-0.2, -0.15) is 0 Å². The van der Waals surface area contributed by atoms with Crippen molar-refractivity contribution in [1.82, 2.24) is 15.0 Å². The Kier molecular flexibility index (Phi) is 5.36. The molecule has 1 saturated carbocycles. The fourth-order valence-corrected chi connectivity index (χ4v) is 3.89. The molecule has 0 atom stereocenters. The van der Waals surface area contributed by atoms with Gasteiger partial charge in [-0.15, -0.1) is 0 Å². The van der Waals surface area contributed by atoms with Crippen LogP contribution in [0.4, 0.5) is 14.6 Å². The van der Waals surface area contributed by atoms with Crippen LogP contribution in [-0.2, 0) is 0 Å². The van der Waals surface area contributed by atoms with Gasteiger partial charge in [0.05, 0.1) is 16.7 Å². The number of aromatic hydroxyl groups is 1. The Morgan fingerprint density at radius 2 is 1.79 bits per heavy atom. The van der Waals surface area contributed by atoms with Crippen molar-refractivity contribution in [2.45, 2.75) is 38.1 Å². The van der Waals surface area contributed by atoms with Gasteiger partial charge in [-0.3, -0.25) is 0 Å². The molecule has 1 aromatic carbocycles. The van der Waals surface area contributed by atoms with E-state index in [0.29, 0.717) is 17.1 Å². The number of hydrogen-bond acceptors (Lipinski definition) is 7. The number of hydrogen-bond donors (Lipinski definition) is 2. The number of phenolic OH excluding ortho intramolecular Hbond substituents is 1. The third-order valence-electron chi connectivity index (χ3n) is 6.10. The van der Waals surface area contributed by atoms with Crippen molar-refractivity contribution in [3.8, 4) is 17.0 Å². The molecular weight excluding hydrogens is 428 g/mol. The monoisotopic (exact) mass is 453 g/mol. The Bertz CT molecular complexity index is 1330.